The number of anilines is 1. The zero-order valence-electron chi connectivity index (χ0n) is 11.6. The minimum atomic E-state index is -4.46. The standard InChI is InChI=1S/C13H16F3N5/c1-2-9-7-12(20-5-3-17-4-6-20)21-11(18-9)8-10(19-21)13(14,15)16/h7-8,17H,2-6H2,1H3. The molecule has 0 amide bonds. The molecular formula is C13H16F3N5. The van der Waals surface area contributed by atoms with E-state index in [1.54, 1.807) is 0 Å². The highest BCUT2D eigenvalue weighted by Crippen LogP contribution is 2.30. The maximum atomic E-state index is 12.9. The molecular weight excluding hydrogens is 283 g/mol. The summed E-state index contributed by atoms with van der Waals surface area (Å²) in [5, 5.41) is 6.93. The lowest BCUT2D eigenvalue weighted by atomic mass is 10.3. The van der Waals surface area contributed by atoms with E-state index in [2.05, 4.69) is 15.4 Å². The summed E-state index contributed by atoms with van der Waals surface area (Å²) < 4.78 is 39.9. The Morgan fingerprint density at radius 1 is 1.24 bits per heavy atom. The van der Waals surface area contributed by atoms with Gasteiger partial charge in [0.2, 0.25) is 0 Å². The number of aromatic nitrogens is 3. The fourth-order valence-corrected chi connectivity index (χ4v) is 2.45. The van der Waals surface area contributed by atoms with Gasteiger partial charge in [0, 0.05) is 44.0 Å². The van der Waals surface area contributed by atoms with Gasteiger partial charge >= 0.3 is 6.18 Å². The van der Waals surface area contributed by atoms with Crippen LogP contribution < -0.4 is 10.2 Å². The van der Waals surface area contributed by atoms with Gasteiger partial charge in [0.1, 0.15) is 5.82 Å². The first-order valence-corrected chi connectivity index (χ1v) is 6.91. The van der Waals surface area contributed by atoms with Crippen molar-refractivity contribution in [2.45, 2.75) is 19.5 Å². The average molecular weight is 299 g/mol. The van der Waals surface area contributed by atoms with Crippen LogP contribution in [0.25, 0.3) is 5.65 Å². The molecule has 2 aromatic rings. The Kier molecular flexibility index (Phi) is 3.48. The van der Waals surface area contributed by atoms with E-state index >= 15 is 0 Å². The van der Waals surface area contributed by atoms with Crippen molar-refractivity contribution < 1.29 is 13.2 Å². The molecule has 0 aliphatic carbocycles. The van der Waals surface area contributed by atoms with Gasteiger partial charge in [-0.2, -0.15) is 22.8 Å². The first-order chi connectivity index (χ1) is 9.99. The summed E-state index contributed by atoms with van der Waals surface area (Å²) in [6.07, 6.45) is -3.79. The predicted molar refractivity (Wildman–Crippen MR) is 72.4 cm³/mol. The Labute approximate surface area is 119 Å². The molecule has 1 N–H and O–H groups in total. The van der Waals surface area contributed by atoms with Gasteiger partial charge in [0.15, 0.2) is 11.3 Å². The lowest BCUT2D eigenvalue weighted by Gasteiger charge is -2.29. The highest BCUT2D eigenvalue weighted by atomic mass is 19.4. The summed E-state index contributed by atoms with van der Waals surface area (Å²) in [4.78, 5) is 6.28. The van der Waals surface area contributed by atoms with Gasteiger partial charge in [0.25, 0.3) is 0 Å². The van der Waals surface area contributed by atoms with Crippen LogP contribution in [0.5, 0.6) is 0 Å². The topological polar surface area (TPSA) is 45.5 Å². The number of aryl methyl sites for hydroxylation is 1. The van der Waals surface area contributed by atoms with Crippen molar-refractivity contribution in [1.29, 1.82) is 0 Å². The van der Waals surface area contributed by atoms with Crippen LogP contribution in [0, 0.1) is 0 Å². The molecule has 2 aromatic heterocycles. The Morgan fingerprint density at radius 3 is 2.57 bits per heavy atom. The molecule has 3 heterocycles. The summed E-state index contributed by atoms with van der Waals surface area (Å²) >= 11 is 0. The fourth-order valence-electron chi connectivity index (χ4n) is 2.45. The lowest BCUT2D eigenvalue weighted by Crippen LogP contribution is -2.44. The van der Waals surface area contributed by atoms with Gasteiger partial charge in [-0.05, 0) is 6.42 Å². The van der Waals surface area contributed by atoms with E-state index in [1.807, 2.05) is 17.9 Å². The molecule has 1 saturated heterocycles. The number of alkyl halides is 3. The first kappa shape index (κ1) is 14.1. The summed E-state index contributed by atoms with van der Waals surface area (Å²) in [7, 11) is 0. The number of hydrogen-bond acceptors (Lipinski definition) is 4. The van der Waals surface area contributed by atoms with Crippen molar-refractivity contribution in [3.8, 4) is 0 Å². The Balaban J connectivity index is 2.13. The quantitative estimate of drug-likeness (QED) is 0.917. The Bertz CT molecular complexity index is 643. The van der Waals surface area contributed by atoms with Crippen LogP contribution in [0.2, 0.25) is 0 Å². The molecule has 1 aliphatic heterocycles. The minimum Gasteiger partial charge on any atom is -0.354 e. The van der Waals surface area contributed by atoms with Gasteiger partial charge in [-0.15, -0.1) is 0 Å². The predicted octanol–water partition coefficient (Wildman–Crippen LogP) is 1.72. The van der Waals surface area contributed by atoms with E-state index in [0.29, 0.717) is 12.2 Å². The number of piperazine rings is 1. The Morgan fingerprint density at radius 2 is 1.95 bits per heavy atom. The van der Waals surface area contributed by atoms with Crippen LogP contribution >= 0.6 is 0 Å². The highest BCUT2D eigenvalue weighted by molar-refractivity contribution is 5.52. The normalized spacial score (nSPS) is 16.7. The molecule has 1 aliphatic rings. The first-order valence-electron chi connectivity index (χ1n) is 6.91. The molecule has 0 atom stereocenters. The molecule has 114 valence electrons. The van der Waals surface area contributed by atoms with Crippen molar-refractivity contribution in [3.63, 3.8) is 0 Å². The summed E-state index contributed by atoms with van der Waals surface area (Å²) in [5.74, 6) is 0.675. The van der Waals surface area contributed by atoms with Crippen molar-refractivity contribution in [3.05, 3.63) is 23.5 Å². The molecule has 8 heteroatoms. The van der Waals surface area contributed by atoms with E-state index < -0.39 is 11.9 Å². The number of hydrogen-bond donors (Lipinski definition) is 1. The van der Waals surface area contributed by atoms with E-state index in [0.717, 1.165) is 37.9 Å². The van der Waals surface area contributed by atoms with Gasteiger partial charge in [-0.1, -0.05) is 6.92 Å². The van der Waals surface area contributed by atoms with E-state index in [-0.39, 0.29) is 5.65 Å². The summed E-state index contributed by atoms with van der Waals surface area (Å²) in [6, 6.07) is 2.83. The van der Waals surface area contributed by atoms with Crippen molar-refractivity contribution in [2.75, 3.05) is 31.1 Å². The van der Waals surface area contributed by atoms with Crippen LogP contribution in [-0.4, -0.2) is 40.8 Å². The van der Waals surface area contributed by atoms with E-state index in [4.69, 9.17) is 0 Å². The number of halogens is 3. The fraction of sp³-hybridized carbons (Fsp3) is 0.538. The molecule has 3 rings (SSSR count). The second kappa shape index (κ2) is 5.18. The lowest BCUT2D eigenvalue weighted by molar-refractivity contribution is -0.141. The van der Waals surface area contributed by atoms with E-state index in [1.165, 1.54) is 4.52 Å². The molecule has 1 fully saturated rings. The number of rotatable bonds is 2. The van der Waals surface area contributed by atoms with Crippen LogP contribution in [-0.2, 0) is 12.6 Å². The highest BCUT2D eigenvalue weighted by Gasteiger charge is 2.35. The summed E-state index contributed by atoms with van der Waals surface area (Å²) in [5.41, 5.74) is 0.111. The second-order valence-electron chi connectivity index (χ2n) is 4.99. The van der Waals surface area contributed by atoms with Crippen molar-refractivity contribution >= 4 is 11.5 Å². The van der Waals surface area contributed by atoms with E-state index in [9.17, 15) is 13.2 Å². The number of nitrogens with one attached hydrogen (secondary N) is 1. The Hall–Kier alpha value is -1.83. The minimum absolute atomic E-state index is 0.246. The second-order valence-corrected chi connectivity index (χ2v) is 4.99. The largest absolute Gasteiger partial charge is 0.435 e. The third-order valence-corrected chi connectivity index (χ3v) is 3.56. The van der Waals surface area contributed by atoms with Crippen molar-refractivity contribution in [1.82, 2.24) is 19.9 Å². The SMILES string of the molecule is CCc1cc(N2CCNCC2)n2nc(C(F)(F)F)cc2n1. The third-order valence-electron chi connectivity index (χ3n) is 3.56. The monoisotopic (exact) mass is 299 g/mol. The number of fused-ring (bicyclic) bond motifs is 1. The number of nitrogens with zero attached hydrogens (tertiary/aromatic N) is 4. The molecule has 0 bridgehead atoms. The molecule has 5 nitrogen and oxygen atoms in total. The molecule has 0 radical (unpaired) electrons. The molecule has 21 heavy (non-hydrogen) atoms. The van der Waals surface area contributed by atoms with Crippen molar-refractivity contribution in [2.24, 2.45) is 0 Å². The molecule has 0 saturated carbocycles. The maximum absolute atomic E-state index is 12.9. The summed E-state index contributed by atoms with van der Waals surface area (Å²) in [6.45, 7) is 5.02. The van der Waals surface area contributed by atoms with Gasteiger partial charge in [-0.25, -0.2) is 4.98 Å². The average Bonchev–Trinajstić information content (AvgIpc) is 2.91. The van der Waals surface area contributed by atoms with Crippen LogP contribution in [0.1, 0.15) is 18.3 Å². The zero-order chi connectivity index (χ0) is 15.0. The van der Waals surface area contributed by atoms with Gasteiger partial charge in [-0.3, -0.25) is 0 Å². The van der Waals surface area contributed by atoms with Crippen LogP contribution in [0.4, 0.5) is 19.0 Å². The van der Waals surface area contributed by atoms with Crippen LogP contribution in [0.15, 0.2) is 12.1 Å². The third kappa shape index (κ3) is 2.67. The molecule has 0 spiro atoms. The van der Waals surface area contributed by atoms with Crippen LogP contribution in [0.3, 0.4) is 0 Å². The molecule has 0 aromatic carbocycles. The van der Waals surface area contributed by atoms with Gasteiger partial charge in [0.05, 0.1) is 0 Å². The maximum Gasteiger partial charge on any atom is 0.435 e. The van der Waals surface area contributed by atoms with Gasteiger partial charge < -0.3 is 10.2 Å². The molecule has 0 unspecified atom stereocenters. The zero-order valence-corrected chi connectivity index (χ0v) is 11.6. The smallest absolute Gasteiger partial charge is 0.354 e.